The number of nitrogens with zero attached hydrogens (tertiary/aromatic N) is 3. The maximum absolute atomic E-state index is 12.8. The zero-order chi connectivity index (χ0) is 16.7. The van der Waals surface area contributed by atoms with E-state index in [2.05, 4.69) is 29.2 Å². The Morgan fingerprint density at radius 1 is 1.25 bits per heavy atom. The number of hydrogen-bond acceptors (Lipinski definition) is 3. The number of benzene rings is 1. The third kappa shape index (κ3) is 2.78. The molecule has 128 valence electrons. The van der Waals surface area contributed by atoms with E-state index in [0.717, 1.165) is 30.7 Å². The van der Waals surface area contributed by atoms with Crippen molar-refractivity contribution >= 4 is 10.0 Å². The maximum Gasteiger partial charge on any atom is 0.214 e. The molecule has 0 amide bonds. The number of sulfonamides is 1. The summed E-state index contributed by atoms with van der Waals surface area (Å²) < 4.78 is 29.1. The smallest absolute Gasteiger partial charge is 0.214 e. The van der Waals surface area contributed by atoms with Crippen molar-refractivity contribution in [2.45, 2.75) is 38.1 Å². The van der Waals surface area contributed by atoms with E-state index in [1.165, 1.54) is 11.1 Å². The molecule has 0 radical (unpaired) electrons. The Hall–Kier alpha value is -1.66. The summed E-state index contributed by atoms with van der Waals surface area (Å²) in [5.74, 6) is 0.611. The Balaban J connectivity index is 1.43. The molecule has 1 aromatic heterocycles. The van der Waals surface area contributed by atoms with Gasteiger partial charge in [0.25, 0.3) is 0 Å². The molecule has 1 unspecified atom stereocenters. The van der Waals surface area contributed by atoms with Crippen LogP contribution in [0, 0.1) is 0 Å². The lowest BCUT2D eigenvalue weighted by Crippen LogP contribution is -2.38. The Kier molecular flexibility index (Phi) is 3.96. The first kappa shape index (κ1) is 15.8. The zero-order valence-corrected chi connectivity index (χ0v) is 14.8. The SMILES string of the molecule is Cn1cnc2c1CCN(S(=O)(=O)CCC1CCc3ccccc31)C2. The van der Waals surface area contributed by atoms with E-state index >= 15 is 0 Å². The van der Waals surface area contributed by atoms with Crippen LogP contribution in [-0.4, -0.2) is 34.6 Å². The maximum atomic E-state index is 12.8. The molecule has 1 aliphatic heterocycles. The predicted octanol–water partition coefficient (Wildman–Crippen LogP) is 2.23. The van der Waals surface area contributed by atoms with E-state index in [1.807, 2.05) is 11.6 Å². The first-order chi connectivity index (χ1) is 11.5. The van der Waals surface area contributed by atoms with Crippen molar-refractivity contribution in [2.24, 2.45) is 7.05 Å². The lowest BCUT2D eigenvalue weighted by atomic mass is 9.99. The second-order valence-electron chi connectivity index (χ2n) is 6.87. The Morgan fingerprint density at radius 3 is 2.96 bits per heavy atom. The van der Waals surface area contributed by atoms with Crippen LogP contribution in [0.25, 0.3) is 0 Å². The van der Waals surface area contributed by atoms with Crippen molar-refractivity contribution < 1.29 is 8.42 Å². The molecule has 1 aromatic carbocycles. The van der Waals surface area contributed by atoms with Crippen LogP contribution in [-0.2, 0) is 36.5 Å². The molecule has 1 aliphatic carbocycles. The number of hydrogen-bond donors (Lipinski definition) is 0. The average Bonchev–Trinajstić information content (AvgIpc) is 3.17. The lowest BCUT2D eigenvalue weighted by Gasteiger charge is -2.26. The van der Waals surface area contributed by atoms with Gasteiger partial charge in [-0.05, 0) is 36.3 Å². The van der Waals surface area contributed by atoms with Gasteiger partial charge in [-0.1, -0.05) is 24.3 Å². The average molecular weight is 345 g/mol. The summed E-state index contributed by atoms with van der Waals surface area (Å²) in [6.07, 6.45) is 5.37. The summed E-state index contributed by atoms with van der Waals surface area (Å²) in [6, 6.07) is 8.44. The monoisotopic (exact) mass is 345 g/mol. The predicted molar refractivity (Wildman–Crippen MR) is 93.2 cm³/mol. The third-order valence-electron chi connectivity index (χ3n) is 5.44. The van der Waals surface area contributed by atoms with Gasteiger partial charge < -0.3 is 4.57 Å². The van der Waals surface area contributed by atoms with Gasteiger partial charge in [0.2, 0.25) is 10.0 Å². The first-order valence-corrected chi connectivity index (χ1v) is 10.2. The highest BCUT2D eigenvalue weighted by atomic mass is 32.2. The molecule has 0 spiro atoms. The largest absolute Gasteiger partial charge is 0.337 e. The van der Waals surface area contributed by atoms with Crippen molar-refractivity contribution in [3.8, 4) is 0 Å². The number of fused-ring (bicyclic) bond motifs is 2. The number of aryl methyl sites for hydroxylation is 2. The van der Waals surface area contributed by atoms with Crippen LogP contribution >= 0.6 is 0 Å². The molecule has 4 rings (SSSR count). The molecule has 0 saturated carbocycles. The zero-order valence-electron chi connectivity index (χ0n) is 14.0. The highest BCUT2D eigenvalue weighted by Crippen LogP contribution is 2.35. The van der Waals surface area contributed by atoms with E-state index in [-0.39, 0.29) is 5.75 Å². The molecule has 0 fully saturated rings. The van der Waals surface area contributed by atoms with E-state index in [4.69, 9.17) is 0 Å². The van der Waals surface area contributed by atoms with Gasteiger partial charge in [0.05, 0.1) is 24.3 Å². The molecule has 2 aromatic rings. The van der Waals surface area contributed by atoms with E-state index in [1.54, 1.807) is 10.6 Å². The van der Waals surface area contributed by atoms with Crippen LogP contribution in [0.3, 0.4) is 0 Å². The van der Waals surface area contributed by atoms with Gasteiger partial charge in [0, 0.05) is 25.7 Å². The van der Waals surface area contributed by atoms with Crippen LogP contribution in [0.1, 0.15) is 41.3 Å². The van der Waals surface area contributed by atoms with Crippen LogP contribution in [0.15, 0.2) is 30.6 Å². The molecule has 0 saturated heterocycles. The van der Waals surface area contributed by atoms with Gasteiger partial charge in [0.15, 0.2) is 0 Å². The molecular formula is C18H23N3O2S. The molecule has 2 aliphatic rings. The summed E-state index contributed by atoms with van der Waals surface area (Å²) in [5.41, 5.74) is 4.79. The second kappa shape index (κ2) is 6.01. The van der Waals surface area contributed by atoms with Crippen LogP contribution in [0.5, 0.6) is 0 Å². The first-order valence-electron chi connectivity index (χ1n) is 8.59. The minimum absolute atomic E-state index is 0.230. The number of rotatable bonds is 4. The van der Waals surface area contributed by atoms with Crippen molar-refractivity contribution in [1.82, 2.24) is 13.9 Å². The molecule has 0 bridgehead atoms. The van der Waals surface area contributed by atoms with Gasteiger partial charge in [0.1, 0.15) is 0 Å². The Bertz CT molecular complexity index is 857. The molecular weight excluding hydrogens is 322 g/mol. The molecule has 5 nitrogen and oxygen atoms in total. The summed E-state index contributed by atoms with van der Waals surface area (Å²) in [4.78, 5) is 4.34. The van der Waals surface area contributed by atoms with Gasteiger partial charge in [-0.25, -0.2) is 13.4 Å². The van der Waals surface area contributed by atoms with Crippen molar-refractivity contribution in [3.05, 3.63) is 53.1 Å². The van der Waals surface area contributed by atoms with Crippen molar-refractivity contribution in [3.63, 3.8) is 0 Å². The molecule has 24 heavy (non-hydrogen) atoms. The fourth-order valence-corrected chi connectivity index (χ4v) is 5.57. The van der Waals surface area contributed by atoms with E-state index < -0.39 is 10.0 Å². The normalized spacial score (nSPS) is 20.8. The van der Waals surface area contributed by atoms with Crippen LogP contribution in [0.2, 0.25) is 0 Å². The number of imidazole rings is 1. The molecule has 2 heterocycles. The van der Waals surface area contributed by atoms with Gasteiger partial charge in [-0.2, -0.15) is 4.31 Å². The van der Waals surface area contributed by atoms with Crippen molar-refractivity contribution in [1.29, 1.82) is 0 Å². The summed E-state index contributed by atoms with van der Waals surface area (Å²) in [6.45, 7) is 0.982. The van der Waals surface area contributed by atoms with E-state index in [0.29, 0.717) is 25.4 Å². The van der Waals surface area contributed by atoms with Gasteiger partial charge in [-0.3, -0.25) is 0 Å². The Labute approximate surface area is 143 Å². The van der Waals surface area contributed by atoms with Gasteiger partial charge >= 0.3 is 0 Å². The lowest BCUT2D eigenvalue weighted by molar-refractivity contribution is 0.381. The topological polar surface area (TPSA) is 55.2 Å². The van der Waals surface area contributed by atoms with Crippen molar-refractivity contribution in [2.75, 3.05) is 12.3 Å². The fourth-order valence-electron chi connectivity index (χ4n) is 4.04. The fraction of sp³-hybridized carbons (Fsp3) is 0.500. The molecule has 0 N–H and O–H groups in total. The summed E-state index contributed by atoms with van der Waals surface area (Å²) in [7, 11) is -1.26. The number of aromatic nitrogens is 2. The highest BCUT2D eigenvalue weighted by molar-refractivity contribution is 7.89. The van der Waals surface area contributed by atoms with E-state index in [9.17, 15) is 8.42 Å². The minimum Gasteiger partial charge on any atom is -0.337 e. The summed E-state index contributed by atoms with van der Waals surface area (Å²) in [5, 5.41) is 0. The molecule has 1 atom stereocenters. The van der Waals surface area contributed by atoms with Crippen LogP contribution in [0.4, 0.5) is 0 Å². The van der Waals surface area contributed by atoms with Gasteiger partial charge in [-0.15, -0.1) is 0 Å². The minimum atomic E-state index is -3.22. The molecule has 6 heteroatoms. The second-order valence-corrected chi connectivity index (χ2v) is 8.96. The third-order valence-corrected chi connectivity index (χ3v) is 7.29. The van der Waals surface area contributed by atoms with Crippen LogP contribution < -0.4 is 0 Å². The standard InChI is InChI=1S/C18H23N3O2S/c1-20-13-19-17-12-21(10-8-18(17)20)24(22,23)11-9-15-7-6-14-4-2-3-5-16(14)15/h2-5,13,15H,6-12H2,1H3. The highest BCUT2D eigenvalue weighted by Gasteiger charge is 2.30. The quantitative estimate of drug-likeness (QED) is 0.854. The Morgan fingerprint density at radius 2 is 2.08 bits per heavy atom. The summed E-state index contributed by atoms with van der Waals surface area (Å²) >= 11 is 0.